The summed E-state index contributed by atoms with van der Waals surface area (Å²) in [5.74, 6) is 0.00731. The number of carbonyl (C=O) groups excluding carboxylic acids is 1. The van der Waals surface area contributed by atoms with E-state index in [0.29, 0.717) is 6.61 Å². The highest BCUT2D eigenvalue weighted by Crippen LogP contribution is 2.35. The van der Waals surface area contributed by atoms with Crippen LogP contribution in [0.25, 0.3) is 0 Å². The van der Waals surface area contributed by atoms with Gasteiger partial charge >= 0.3 is 0 Å². The number of nitro groups is 1. The molecule has 132 valence electrons. The number of rotatable bonds is 7. The van der Waals surface area contributed by atoms with Gasteiger partial charge < -0.3 is 14.4 Å². The van der Waals surface area contributed by atoms with Gasteiger partial charge in [-0.15, -0.1) is 0 Å². The predicted octanol–water partition coefficient (Wildman–Crippen LogP) is 2.67. The first-order chi connectivity index (χ1) is 12.0. The van der Waals surface area contributed by atoms with Crippen LogP contribution in [0.2, 0.25) is 0 Å². The van der Waals surface area contributed by atoms with E-state index in [-0.39, 0.29) is 29.3 Å². The summed E-state index contributed by atoms with van der Waals surface area (Å²) in [5, 5.41) is 11.4. The fraction of sp³-hybridized carbons (Fsp3) is 0.294. The molecule has 0 aliphatic heterocycles. The molecule has 1 aromatic carbocycles. The molecule has 0 bridgehead atoms. The first-order valence-electron chi connectivity index (χ1n) is 7.61. The second-order valence-corrected chi connectivity index (χ2v) is 5.23. The highest BCUT2D eigenvalue weighted by Gasteiger charge is 2.26. The molecule has 2 rings (SSSR count). The van der Waals surface area contributed by atoms with Crippen LogP contribution in [0.15, 0.2) is 36.7 Å². The normalized spacial score (nSPS) is 10.2. The minimum absolute atomic E-state index is 0.0550. The van der Waals surface area contributed by atoms with Crippen LogP contribution in [-0.4, -0.2) is 41.5 Å². The van der Waals surface area contributed by atoms with E-state index in [1.165, 1.54) is 24.1 Å². The number of ether oxygens (including phenoxy) is 2. The average Bonchev–Trinajstić information content (AvgIpc) is 2.61. The second-order valence-electron chi connectivity index (χ2n) is 5.23. The third-order valence-electron chi connectivity index (χ3n) is 3.50. The molecule has 0 saturated heterocycles. The zero-order chi connectivity index (χ0) is 18.4. The molecular weight excluding hydrogens is 326 g/mol. The molecule has 8 heteroatoms. The molecule has 0 aliphatic carbocycles. The summed E-state index contributed by atoms with van der Waals surface area (Å²) in [5.41, 5.74) is 0.434. The van der Waals surface area contributed by atoms with Crippen molar-refractivity contribution in [3.05, 3.63) is 57.9 Å². The number of nitro benzene ring substituents is 1. The molecule has 1 amide bonds. The van der Waals surface area contributed by atoms with E-state index in [0.717, 1.165) is 5.56 Å². The van der Waals surface area contributed by atoms with Gasteiger partial charge in [0.15, 0.2) is 11.5 Å². The van der Waals surface area contributed by atoms with Crippen LogP contribution >= 0.6 is 0 Å². The Balaban J connectivity index is 2.39. The molecule has 25 heavy (non-hydrogen) atoms. The molecule has 1 heterocycles. The zero-order valence-corrected chi connectivity index (χ0v) is 14.3. The van der Waals surface area contributed by atoms with Crippen LogP contribution in [0.1, 0.15) is 22.8 Å². The molecule has 0 aliphatic rings. The van der Waals surface area contributed by atoms with E-state index < -0.39 is 10.8 Å². The fourth-order valence-corrected chi connectivity index (χ4v) is 2.34. The summed E-state index contributed by atoms with van der Waals surface area (Å²) >= 11 is 0. The van der Waals surface area contributed by atoms with E-state index >= 15 is 0 Å². The summed E-state index contributed by atoms with van der Waals surface area (Å²) in [4.78, 5) is 28.9. The maximum Gasteiger partial charge on any atom is 0.286 e. The van der Waals surface area contributed by atoms with E-state index in [1.807, 2.05) is 6.07 Å². The largest absolute Gasteiger partial charge is 0.493 e. The average molecular weight is 345 g/mol. The van der Waals surface area contributed by atoms with Gasteiger partial charge in [0.1, 0.15) is 5.56 Å². The zero-order valence-electron chi connectivity index (χ0n) is 14.3. The number of carbonyl (C=O) groups is 1. The van der Waals surface area contributed by atoms with Crippen molar-refractivity contribution in [3.8, 4) is 11.5 Å². The van der Waals surface area contributed by atoms with Crippen molar-refractivity contribution in [2.75, 3.05) is 20.8 Å². The minimum Gasteiger partial charge on any atom is -0.493 e. The van der Waals surface area contributed by atoms with E-state index in [2.05, 4.69) is 4.98 Å². The molecule has 0 saturated carbocycles. The van der Waals surface area contributed by atoms with Gasteiger partial charge in [-0.2, -0.15) is 0 Å². The van der Waals surface area contributed by atoms with Crippen molar-refractivity contribution in [2.45, 2.75) is 13.5 Å². The van der Waals surface area contributed by atoms with E-state index in [4.69, 9.17) is 9.47 Å². The summed E-state index contributed by atoms with van der Waals surface area (Å²) in [6, 6.07) is 6.14. The van der Waals surface area contributed by atoms with Crippen molar-refractivity contribution in [1.29, 1.82) is 0 Å². The van der Waals surface area contributed by atoms with Gasteiger partial charge in [-0.3, -0.25) is 19.9 Å². The van der Waals surface area contributed by atoms with Crippen LogP contribution in [-0.2, 0) is 6.54 Å². The first kappa shape index (κ1) is 18.2. The quantitative estimate of drug-likeness (QED) is 0.565. The Bertz CT molecular complexity index is 764. The Morgan fingerprint density at radius 3 is 2.68 bits per heavy atom. The number of hydrogen-bond donors (Lipinski definition) is 0. The van der Waals surface area contributed by atoms with Gasteiger partial charge in [-0.05, 0) is 18.6 Å². The van der Waals surface area contributed by atoms with Crippen molar-refractivity contribution < 1.29 is 19.2 Å². The summed E-state index contributed by atoms with van der Waals surface area (Å²) in [6.07, 6.45) is 3.27. The molecule has 0 fully saturated rings. The lowest BCUT2D eigenvalue weighted by atomic mass is 10.1. The molecule has 2 aromatic rings. The van der Waals surface area contributed by atoms with Crippen molar-refractivity contribution in [2.24, 2.45) is 0 Å². The molecule has 0 atom stereocenters. The molecule has 8 nitrogen and oxygen atoms in total. The Morgan fingerprint density at radius 2 is 2.12 bits per heavy atom. The maximum atomic E-state index is 12.7. The van der Waals surface area contributed by atoms with Gasteiger partial charge in [-0.25, -0.2) is 0 Å². The summed E-state index contributed by atoms with van der Waals surface area (Å²) in [7, 11) is 2.96. The molecule has 0 radical (unpaired) electrons. The van der Waals surface area contributed by atoms with Crippen molar-refractivity contribution in [1.82, 2.24) is 9.88 Å². The van der Waals surface area contributed by atoms with Crippen LogP contribution in [0.5, 0.6) is 11.5 Å². The molecule has 0 spiro atoms. The summed E-state index contributed by atoms with van der Waals surface area (Å²) in [6.45, 7) is 2.39. The fourth-order valence-electron chi connectivity index (χ4n) is 2.34. The Hall–Kier alpha value is -3.16. The SMILES string of the molecule is CCOc1cc(C(=O)N(C)Cc2cccnc2)c([N+](=O)[O-])cc1OC. The highest BCUT2D eigenvalue weighted by atomic mass is 16.6. The highest BCUT2D eigenvalue weighted by molar-refractivity contribution is 5.98. The standard InChI is InChI=1S/C17H19N3O5/c1-4-25-16-8-13(14(20(22)23)9-15(16)24-3)17(21)19(2)11-12-6-5-7-18-10-12/h5-10H,4,11H2,1-3H3. The van der Waals surface area contributed by atoms with Crippen molar-refractivity contribution >= 4 is 11.6 Å². The third kappa shape index (κ3) is 4.23. The van der Waals surface area contributed by atoms with Gasteiger partial charge in [-0.1, -0.05) is 6.07 Å². The van der Waals surface area contributed by atoms with Gasteiger partial charge in [0.2, 0.25) is 0 Å². The number of pyridine rings is 1. The topological polar surface area (TPSA) is 94.8 Å². The lowest BCUT2D eigenvalue weighted by molar-refractivity contribution is -0.385. The minimum atomic E-state index is -0.608. The van der Waals surface area contributed by atoms with Crippen LogP contribution in [0.4, 0.5) is 5.69 Å². The van der Waals surface area contributed by atoms with Crippen LogP contribution in [0, 0.1) is 10.1 Å². The van der Waals surface area contributed by atoms with Crippen LogP contribution < -0.4 is 9.47 Å². The second kappa shape index (κ2) is 8.09. The Labute approximate surface area is 145 Å². The third-order valence-corrected chi connectivity index (χ3v) is 3.50. The predicted molar refractivity (Wildman–Crippen MR) is 90.9 cm³/mol. The Morgan fingerprint density at radius 1 is 1.36 bits per heavy atom. The van der Waals surface area contributed by atoms with Crippen molar-refractivity contribution in [3.63, 3.8) is 0 Å². The molecule has 0 N–H and O–H groups in total. The van der Waals surface area contributed by atoms with Gasteiger partial charge in [0.25, 0.3) is 11.6 Å². The number of amides is 1. The number of hydrogen-bond acceptors (Lipinski definition) is 6. The smallest absolute Gasteiger partial charge is 0.286 e. The number of benzene rings is 1. The van der Waals surface area contributed by atoms with E-state index in [9.17, 15) is 14.9 Å². The lowest BCUT2D eigenvalue weighted by Gasteiger charge is -2.18. The summed E-state index contributed by atoms with van der Waals surface area (Å²) < 4.78 is 10.5. The van der Waals surface area contributed by atoms with Crippen LogP contribution in [0.3, 0.4) is 0 Å². The van der Waals surface area contributed by atoms with E-state index in [1.54, 1.807) is 32.4 Å². The lowest BCUT2D eigenvalue weighted by Crippen LogP contribution is -2.27. The Kier molecular flexibility index (Phi) is 5.89. The first-order valence-corrected chi connectivity index (χ1v) is 7.61. The number of methoxy groups -OCH3 is 1. The molecule has 0 unspecified atom stereocenters. The monoisotopic (exact) mass is 345 g/mol. The van der Waals surface area contributed by atoms with Gasteiger partial charge in [0, 0.05) is 32.1 Å². The maximum absolute atomic E-state index is 12.7. The molecule has 1 aromatic heterocycles. The molecular formula is C17H19N3O5. The number of nitrogens with zero attached hydrogens (tertiary/aromatic N) is 3. The van der Waals surface area contributed by atoms with Gasteiger partial charge in [0.05, 0.1) is 24.7 Å². The number of aromatic nitrogens is 1.